The SMILES string of the molecule is Cc1cc(C)c2ccc3c(c2c1)C=CCC3. The molecule has 0 amide bonds. The number of hydrogen-bond acceptors (Lipinski definition) is 0. The molecule has 0 bridgehead atoms. The molecule has 0 heteroatoms. The van der Waals surface area contributed by atoms with Gasteiger partial charge in [0.15, 0.2) is 0 Å². The molecule has 16 heavy (non-hydrogen) atoms. The number of rotatable bonds is 0. The summed E-state index contributed by atoms with van der Waals surface area (Å²) in [7, 11) is 0. The van der Waals surface area contributed by atoms with Gasteiger partial charge in [-0.25, -0.2) is 0 Å². The number of allylic oxidation sites excluding steroid dienone is 1. The highest BCUT2D eigenvalue weighted by atomic mass is 14.1. The predicted octanol–water partition coefficient (Wildman–Crippen LogP) is 4.42. The van der Waals surface area contributed by atoms with Crippen LogP contribution in [0, 0.1) is 13.8 Å². The van der Waals surface area contributed by atoms with Crippen molar-refractivity contribution in [1.29, 1.82) is 0 Å². The van der Waals surface area contributed by atoms with Gasteiger partial charge in [-0.05, 0) is 54.2 Å². The Morgan fingerprint density at radius 2 is 1.88 bits per heavy atom. The molecule has 0 heterocycles. The molecule has 2 aromatic carbocycles. The number of hydrogen-bond donors (Lipinski definition) is 0. The van der Waals surface area contributed by atoms with Crippen LogP contribution in [0.15, 0.2) is 30.3 Å². The van der Waals surface area contributed by atoms with Crippen LogP contribution in [0.4, 0.5) is 0 Å². The Morgan fingerprint density at radius 3 is 2.75 bits per heavy atom. The topological polar surface area (TPSA) is 0 Å². The van der Waals surface area contributed by atoms with E-state index in [1.165, 1.54) is 45.9 Å². The van der Waals surface area contributed by atoms with Crippen molar-refractivity contribution >= 4 is 16.8 Å². The first-order valence-electron chi connectivity index (χ1n) is 5.95. The van der Waals surface area contributed by atoms with Gasteiger partial charge in [0.05, 0.1) is 0 Å². The zero-order valence-corrected chi connectivity index (χ0v) is 9.88. The molecule has 1 aliphatic rings. The molecule has 0 unspecified atom stereocenters. The van der Waals surface area contributed by atoms with E-state index < -0.39 is 0 Å². The average Bonchev–Trinajstić information content (AvgIpc) is 2.28. The van der Waals surface area contributed by atoms with Crippen molar-refractivity contribution in [2.24, 2.45) is 0 Å². The normalized spacial score (nSPS) is 14.1. The summed E-state index contributed by atoms with van der Waals surface area (Å²) in [5, 5.41) is 2.82. The molecule has 0 saturated carbocycles. The Bertz CT molecular complexity index is 589. The Balaban J connectivity index is 2.44. The minimum Gasteiger partial charge on any atom is -0.0836 e. The monoisotopic (exact) mass is 208 g/mol. The summed E-state index contributed by atoms with van der Waals surface area (Å²) >= 11 is 0. The molecule has 0 saturated heterocycles. The number of aryl methyl sites for hydroxylation is 3. The van der Waals surface area contributed by atoms with Gasteiger partial charge in [0.25, 0.3) is 0 Å². The van der Waals surface area contributed by atoms with E-state index >= 15 is 0 Å². The maximum atomic E-state index is 2.32. The van der Waals surface area contributed by atoms with Crippen LogP contribution in [0.5, 0.6) is 0 Å². The average molecular weight is 208 g/mol. The van der Waals surface area contributed by atoms with Gasteiger partial charge in [0.1, 0.15) is 0 Å². The van der Waals surface area contributed by atoms with Crippen LogP contribution in [-0.4, -0.2) is 0 Å². The molecule has 2 aromatic rings. The standard InChI is InChI=1S/C16H16/c1-11-9-12(2)14-8-7-13-5-3-4-6-15(13)16(14)10-11/h4,6-10H,3,5H2,1-2H3. The van der Waals surface area contributed by atoms with Crippen molar-refractivity contribution in [3.63, 3.8) is 0 Å². The van der Waals surface area contributed by atoms with E-state index in [4.69, 9.17) is 0 Å². The zero-order chi connectivity index (χ0) is 11.1. The molecule has 0 atom stereocenters. The van der Waals surface area contributed by atoms with Crippen LogP contribution in [0.25, 0.3) is 16.8 Å². The van der Waals surface area contributed by atoms with Crippen molar-refractivity contribution in [2.45, 2.75) is 26.7 Å². The summed E-state index contributed by atoms with van der Waals surface area (Å²) in [6.07, 6.45) is 6.96. The lowest BCUT2D eigenvalue weighted by atomic mass is 9.90. The van der Waals surface area contributed by atoms with E-state index in [2.05, 4.69) is 50.3 Å². The lowest BCUT2D eigenvalue weighted by Crippen LogP contribution is -1.96. The van der Waals surface area contributed by atoms with Gasteiger partial charge in [-0.15, -0.1) is 0 Å². The molecule has 0 nitrogen and oxygen atoms in total. The second-order valence-electron chi connectivity index (χ2n) is 4.76. The largest absolute Gasteiger partial charge is 0.0836 e. The lowest BCUT2D eigenvalue weighted by molar-refractivity contribution is 0.989. The summed E-state index contributed by atoms with van der Waals surface area (Å²) < 4.78 is 0. The number of fused-ring (bicyclic) bond motifs is 3. The third-order valence-electron chi connectivity index (χ3n) is 3.48. The minimum absolute atomic E-state index is 1.18. The van der Waals surface area contributed by atoms with Gasteiger partial charge in [0.2, 0.25) is 0 Å². The summed E-state index contributed by atoms with van der Waals surface area (Å²) in [4.78, 5) is 0. The molecule has 0 spiro atoms. The van der Waals surface area contributed by atoms with Gasteiger partial charge in [-0.1, -0.05) is 42.0 Å². The summed E-state index contributed by atoms with van der Waals surface area (Å²) in [5.41, 5.74) is 5.68. The van der Waals surface area contributed by atoms with E-state index in [9.17, 15) is 0 Å². The van der Waals surface area contributed by atoms with Crippen LogP contribution in [-0.2, 0) is 6.42 Å². The fraction of sp³-hybridized carbons (Fsp3) is 0.250. The lowest BCUT2D eigenvalue weighted by Gasteiger charge is -2.15. The Kier molecular flexibility index (Phi) is 2.10. The van der Waals surface area contributed by atoms with Crippen LogP contribution < -0.4 is 0 Å². The Morgan fingerprint density at radius 1 is 1.00 bits per heavy atom. The summed E-state index contributed by atoms with van der Waals surface area (Å²) in [6, 6.07) is 9.16. The molecule has 0 aromatic heterocycles. The van der Waals surface area contributed by atoms with Gasteiger partial charge in [0, 0.05) is 0 Å². The fourth-order valence-electron chi connectivity index (χ4n) is 2.72. The van der Waals surface area contributed by atoms with E-state index in [1.54, 1.807) is 0 Å². The first kappa shape index (κ1) is 9.65. The quantitative estimate of drug-likeness (QED) is 0.601. The van der Waals surface area contributed by atoms with Crippen molar-refractivity contribution in [2.75, 3.05) is 0 Å². The van der Waals surface area contributed by atoms with Crippen molar-refractivity contribution in [3.05, 3.63) is 52.6 Å². The smallest absolute Gasteiger partial charge is 0.0103 e. The van der Waals surface area contributed by atoms with Crippen molar-refractivity contribution in [1.82, 2.24) is 0 Å². The minimum atomic E-state index is 1.18. The highest BCUT2D eigenvalue weighted by Crippen LogP contribution is 2.30. The fourth-order valence-corrected chi connectivity index (χ4v) is 2.72. The third kappa shape index (κ3) is 1.37. The highest BCUT2D eigenvalue weighted by molar-refractivity contribution is 5.94. The molecular weight excluding hydrogens is 192 g/mol. The molecule has 80 valence electrons. The maximum Gasteiger partial charge on any atom is -0.0103 e. The van der Waals surface area contributed by atoms with E-state index in [0.717, 1.165) is 0 Å². The molecule has 0 fully saturated rings. The third-order valence-corrected chi connectivity index (χ3v) is 3.48. The Hall–Kier alpha value is -1.56. The highest BCUT2D eigenvalue weighted by Gasteiger charge is 2.09. The van der Waals surface area contributed by atoms with Crippen LogP contribution >= 0.6 is 0 Å². The van der Waals surface area contributed by atoms with Gasteiger partial charge < -0.3 is 0 Å². The molecular formula is C16H16. The molecule has 0 N–H and O–H groups in total. The first-order chi connectivity index (χ1) is 7.75. The summed E-state index contributed by atoms with van der Waals surface area (Å²) in [6.45, 7) is 4.38. The van der Waals surface area contributed by atoms with E-state index in [0.29, 0.717) is 0 Å². The molecule has 0 radical (unpaired) electrons. The zero-order valence-electron chi connectivity index (χ0n) is 9.88. The van der Waals surface area contributed by atoms with Crippen LogP contribution in [0.2, 0.25) is 0 Å². The van der Waals surface area contributed by atoms with Gasteiger partial charge in [-0.3, -0.25) is 0 Å². The molecule has 1 aliphatic carbocycles. The van der Waals surface area contributed by atoms with Crippen LogP contribution in [0.3, 0.4) is 0 Å². The van der Waals surface area contributed by atoms with Crippen LogP contribution in [0.1, 0.15) is 28.7 Å². The first-order valence-corrected chi connectivity index (χ1v) is 5.95. The van der Waals surface area contributed by atoms with Gasteiger partial charge in [-0.2, -0.15) is 0 Å². The summed E-state index contributed by atoms with van der Waals surface area (Å²) in [5.74, 6) is 0. The number of benzene rings is 2. The van der Waals surface area contributed by atoms with E-state index in [-0.39, 0.29) is 0 Å². The van der Waals surface area contributed by atoms with Crippen molar-refractivity contribution < 1.29 is 0 Å². The van der Waals surface area contributed by atoms with E-state index in [1.807, 2.05) is 0 Å². The molecule has 3 rings (SSSR count). The maximum absolute atomic E-state index is 2.32. The second-order valence-corrected chi connectivity index (χ2v) is 4.76. The van der Waals surface area contributed by atoms with Gasteiger partial charge >= 0.3 is 0 Å². The predicted molar refractivity (Wildman–Crippen MR) is 70.8 cm³/mol. The molecule has 0 aliphatic heterocycles. The van der Waals surface area contributed by atoms with Crippen molar-refractivity contribution in [3.8, 4) is 0 Å². The Labute approximate surface area is 96.6 Å². The second kappa shape index (κ2) is 3.48.